The number of aliphatic imine (C=N–C) groups is 1. The number of benzene rings is 1. The molecule has 3 N–H and O–H groups in total. The molecule has 1 aromatic carbocycles. The Morgan fingerprint density at radius 1 is 1.17 bits per heavy atom. The lowest BCUT2D eigenvalue weighted by Crippen LogP contribution is -2.50. The first-order valence-corrected chi connectivity index (χ1v) is 8.62. The summed E-state index contributed by atoms with van der Waals surface area (Å²) >= 11 is 0. The SMILES string of the molecule is CCNC(=O)C(C)(C)CNC(=NC)NC(C)C(C)c1ccccc1. The maximum absolute atomic E-state index is 12.1. The Hall–Kier alpha value is -2.04. The summed E-state index contributed by atoms with van der Waals surface area (Å²) in [4.78, 5) is 16.3. The maximum atomic E-state index is 12.1. The van der Waals surface area contributed by atoms with Crippen LogP contribution in [-0.4, -0.2) is 38.0 Å². The molecule has 1 amide bonds. The monoisotopic (exact) mass is 332 g/mol. The second kappa shape index (κ2) is 9.30. The topological polar surface area (TPSA) is 65.5 Å². The maximum Gasteiger partial charge on any atom is 0.227 e. The van der Waals surface area contributed by atoms with E-state index in [0.29, 0.717) is 25.0 Å². The van der Waals surface area contributed by atoms with Crippen LogP contribution in [0.4, 0.5) is 0 Å². The Morgan fingerprint density at radius 3 is 2.33 bits per heavy atom. The summed E-state index contributed by atoms with van der Waals surface area (Å²) in [6.45, 7) is 11.3. The van der Waals surface area contributed by atoms with Crippen molar-refractivity contribution in [3.05, 3.63) is 35.9 Å². The van der Waals surface area contributed by atoms with E-state index >= 15 is 0 Å². The molecule has 0 spiro atoms. The molecule has 2 unspecified atom stereocenters. The van der Waals surface area contributed by atoms with Gasteiger partial charge in [0, 0.05) is 32.1 Å². The van der Waals surface area contributed by atoms with Crippen LogP contribution in [0.1, 0.15) is 46.1 Å². The number of nitrogens with zero attached hydrogens (tertiary/aromatic N) is 1. The molecule has 0 saturated carbocycles. The van der Waals surface area contributed by atoms with Gasteiger partial charge in [0.25, 0.3) is 0 Å². The fourth-order valence-corrected chi connectivity index (χ4v) is 2.37. The number of rotatable bonds is 7. The molecule has 1 rings (SSSR count). The fraction of sp³-hybridized carbons (Fsp3) is 0.579. The third kappa shape index (κ3) is 5.87. The summed E-state index contributed by atoms with van der Waals surface area (Å²) < 4.78 is 0. The molecular formula is C19H32N4O. The average Bonchev–Trinajstić information content (AvgIpc) is 2.58. The first-order valence-electron chi connectivity index (χ1n) is 8.62. The van der Waals surface area contributed by atoms with Crippen LogP contribution in [0.25, 0.3) is 0 Å². The first-order chi connectivity index (χ1) is 11.3. The molecule has 134 valence electrons. The van der Waals surface area contributed by atoms with E-state index in [0.717, 1.165) is 0 Å². The van der Waals surface area contributed by atoms with Gasteiger partial charge in [0.2, 0.25) is 5.91 Å². The number of nitrogens with one attached hydrogen (secondary N) is 3. The van der Waals surface area contributed by atoms with Gasteiger partial charge in [0.1, 0.15) is 0 Å². The van der Waals surface area contributed by atoms with Gasteiger partial charge in [-0.15, -0.1) is 0 Å². The number of guanidine groups is 1. The number of carbonyl (C=O) groups is 1. The lowest BCUT2D eigenvalue weighted by molar-refractivity contribution is -0.128. The number of amides is 1. The van der Waals surface area contributed by atoms with Crippen molar-refractivity contribution in [1.29, 1.82) is 0 Å². The van der Waals surface area contributed by atoms with Crippen LogP contribution >= 0.6 is 0 Å². The van der Waals surface area contributed by atoms with Crippen LogP contribution in [0.3, 0.4) is 0 Å². The molecule has 0 aliphatic heterocycles. The van der Waals surface area contributed by atoms with Crippen molar-refractivity contribution in [3.8, 4) is 0 Å². The Morgan fingerprint density at radius 2 is 1.79 bits per heavy atom. The van der Waals surface area contributed by atoms with E-state index in [2.05, 4.69) is 59.1 Å². The van der Waals surface area contributed by atoms with Crippen molar-refractivity contribution < 1.29 is 4.79 Å². The van der Waals surface area contributed by atoms with E-state index in [-0.39, 0.29) is 11.9 Å². The van der Waals surface area contributed by atoms with Gasteiger partial charge >= 0.3 is 0 Å². The Labute approximate surface area is 146 Å². The first kappa shape index (κ1) is 20.0. The third-order valence-corrected chi connectivity index (χ3v) is 4.31. The number of carbonyl (C=O) groups excluding carboxylic acids is 1. The summed E-state index contributed by atoms with van der Waals surface area (Å²) in [7, 11) is 1.74. The van der Waals surface area contributed by atoms with Crippen LogP contribution in [-0.2, 0) is 4.79 Å². The van der Waals surface area contributed by atoms with Gasteiger partial charge in [-0.3, -0.25) is 9.79 Å². The second-order valence-electron chi connectivity index (χ2n) is 6.80. The lowest BCUT2D eigenvalue weighted by Gasteiger charge is -2.27. The van der Waals surface area contributed by atoms with Gasteiger partial charge in [-0.25, -0.2) is 0 Å². The molecular weight excluding hydrogens is 300 g/mol. The largest absolute Gasteiger partial charge is 0.356 e. The molecule has 1 aromatic rings. The van der Waals surface area contributed by atoms with E-state index in [9.17, 15) is 4.79 Å². The highest BCUT2D eigenvalue weighted by Gasteiger charge is 2.27. The summed E-state index contributed by atoms with van der Waals surface area (Å²) in [6, 6.07) is 10.6. The molecule has 2 atom stereocenters. The van der Waals surface area contributed by atoms with Crippen molar-refractivity contribution in [2.45, 2.75) is 46.6 Å². The van der Waals surface area contributed by atoms with E-state index in [1.165, 1.54) is 5.56 Å². The second-order valence-corrected chi connectivity index (χ2v) is 6.80. The van der Waals surface area contributed by atoms with Crippen LogP contribution in [0, 0.1) is 5.41 Å². The van der Waals surface area contributed by atoms with Crippen LogP contribution in [0.15, 0.2) is 35.3 Å². The highest BCUT2D eigenvalue weighted by Crippen LogP contribution is 2.18. The summed E-state index contributed by atoms with van der Waals surface area (Å²) in [5.41, 5.74) is 0.789. The van der Waals surface area contributed by atoms with Crippen molar-refractivity contribution in [2.75, 3.05) is 20.1 Å². The molecule has 0 bridgehead atoms. The van der Waals surface area contributed by atoms with Crippen molar-refractivity contribution in [2.24, 2.45) is 10.4 Å². The van der Waals surface area contributed by atoms with E-state index < -0.39 is 5.41 Å². The number of hydrogen-bond acceptors (Lipinski definition) is 2. The standard InChI is InChI=1S/C19H32N4O/c1-7-21-17(24)19(4,5)13-22-18(20-6)23-15(3)14(2)16-11-9-8-10-12-16/h8-12,14-15H,7,13H2,1-6H3,(H,21,24)(H2,20,22,23). The summed E-state index contributed by atoms with van der Waals surface area (Å²) in [6.07, 6.45) is 0. The van der Waals surface area contributed by atoms with Gasteiger partial charge in [0.15, 0.2) is 5.96 Å². The van der Waals surface area contributed by atoms with Crippen LogP contribution in [0.5, 0.6) is 0 Å². The highest BCUT2D eigenvalue weighted by molar-refractivity contribution is 5.84. The summed E-state index contributed by atoms with van der Waals surface area (Å²) in [5, 5.41) is 9.55. The van der Waals surface area contributed by atoms with Gasteiger partial charge in [-0.2, -0.15) is 0 Å². The molecule has 0 aliphatic carbocycles. The average molecular weight is 332 g/mol. The highest BCUT2D eigenvalue weighted by atomic mass is 16.2. The smallest absolute Gasteiger partial charge is 0.227 e. The lowest BCUT2D eigenvalue weighted by atomic mass is 9.92. The van der Waals surface area contributed by atoms with Crippen molar-refractivity contribution in [1.82, 2.24) is 16.0 Å². The zero-order valence-corrected chi connectivity index (χ0v) is 15.8. The van der Waals surface area contributed by atoms with Crippen LogP contribution < -0.4 is 16.0 Å². The van der Waals surface area contributed by atoms with Gasteiger partial charge < -0.3 is 16.0 Å². The molecule has 5 nitrogen and oxygen atoms in total. The van der Waals surface area contributed by atoms with Crippen molar-refractivity contribution >= 4 is 11.9 Å². The Balaban J connectivity index is 2.60. The fourth-order valence-electron chi connectivity index (χ4n) is 2.37. The van der Waals surface area contributed by atoms with Gasteiger partial charge in [-0.05, 0) is 33.3 Å². The normalized spacial score (nSPS) is 14.7. The van der Waals surface area contributed by atoms with E-state index in [4.69, 9.17) is 0 Å². The zero-order chi connectivity index (χ0) is 18.2. The molecule has 0 heterocycles. The number of hydrogen-bond donors (Lipinski definition) is 3. The van der Waals surface area contributed by atoms with Crippen molar-refractivity contribution in [3.63, 3.8) is 0 Å². The third-order valence-electron chi connectivity index (χ3n) is 4.31. The molecule has 0 radical (unpaired) electrons. The molecule has 24 heavy (non-hydrogen) atoms. The predicted molar refractivity (Wildman–Crippen MR) is 101 cm³/mol. The molecule has 0 saturated heterocycles. The minimum Gasteiger partial charge on any atom is -0.356 e. The predicted octanol–water partition coefficient (Wildman–Crippen LogP) is 2.51. The van der Waals surface area contributed by atoms with Gasteiger partial charge in [0.05, 0.1) is 5.41 Å². The van der Waals surface area contributed by atoms with Gasteiger partial charge in [-0.1, -0.05) is 37.3 Å². The Bertz CT molecular complexity index is 540. The molecule has 0 aromatic heterocycles. The molecule has 5 heteroatoms. The van der Waals surface area contributed by atoms with E-state index in [1.54, 1.807) is 7.05 Å². The summed E-state index contributed by atoms with van der Waals surface area (Å²) in [5.74, 6) is 1.10. The minimum atomic E-state index is -0.498. The van der Waals surface area contributed by atoms with E-state index in [1.807, 2.05) is 26.8 Å². The Kier molecular flexibility index (Phi) is 7.75. The quantitative estimate of drug-likeness (QED) is 0.531. The molecule has 0 fully saturated rings. The zero-order valence-electron chi connectivity index (χ0n) is 15.8. The van der Waals surface area contributed by atoms with Crippen LogP contribution in [0.2, 0.25) is 0 Å². The minimum absolute atomic E-state index is 0.0404. The molecule has 0 aliphatic rings.